The van der Waals surface area contributed by atoms with E-state index < -0.39 is 0 Å². The largest absolute Gasteiger partial charge is 0.465 e. The quantitative estimate of drug-likeness (QED) is 0.674. The highest BCUT2D eigenvalue weighted by atomic mass is 32.1. The third-order valence-electron chi connectivity index (χ3n) is 2.89. The van der Waals surface area contributed by atoms with Crippen molar-refractivity contribution < 1.29 is 14.3 Å². The molecular formula is C14H23N3O3S. The van der Waals surface area contributed by atoms with Crippen molar-refractivity contribution in [2.45, 2.75) is 26.8 Å². The maximum Gasteiger partial charge on any atom is 0.320 e. The maximum atomic E-state index is 11.6. The summed E-state index contributed by atoms with van der Waals surface area (Å²) in [5, 5.41) is 2.74. The normalized spacial score (nSPS) is 10.7. The van der Waals surface area contributed by atoms with Crippen LogP contribution in [0.1, 0.15) is 24.5 Å². The van der Waals surface area contributed by atoms with Crippen LogP contribution in [-0.4, -0.2) is 60.5 Å². The Morgan fingerprint density at radius 2 is 2.05 bits per heavy atom. The number of aromatic nitrogens is 1. The number of amides is 1. The van der Waals surface area contributed by atoms with E-state index >= 15 is 0 Å². The molecule has 0 unspecified atom stereocenters. The van der Waals surface area contributed by atoms with Gasteiger partial charge in [0.1, 0.15) is 5.01 Å². The second kappa shape index (κ2) is 8.74. The molecule has 7 heteroatoms. The van der Waals surface area contributed by atoms with Crippen LogP contribution in [0.25, 0.3) is 0 Å². The molecule has 1 amide bonds. The van der Waals surface area contributed by atoms with E-state index in [0.29, 0.717) is 19.6 Å². The molecule has 118 valence electrons. The topological polar surface area (TPSA) is 62.7 Å². The first-order valence-corrected chi connectivity index (χ1v) is 7.85. The van der Waals surface area contributed by atoms with Crippen LogP contribution in [0.3, 0.4) is 0 Å². The van der Waals surface area contributed by atoms with Crippen molar-refractivity contribution in [2.75, 3.05) is 33.8 Å². The molecular weight excluding hydrogens is 290 g/mol. The summed E-state index contributed by atoms with van der Waals surface area (Å²) in [6.07, 6.45) is 0.321. The van der Waals surface area contributed by atoms with Crippen LogP contribution in [0.15, 0.2) is 5.38 Å². The monoisotopic (exact) mass is 313 g/mol. The van der Waals surface area contributed by atoms with Gasteiger partial charge in [-0.05, 0) is 13.5 Å². The van der Waals surface area contributed by atoms with E-state index in [1.54, 1.807) is 25.9 Å². The van der Waals surface area contributed by atoms with Gasteiger partial charge in [-0.15, -0.1) is 11.3 Å². The van der Waals surface area contributed by atoms with Crippen LogP contribution in [-0.2, 0) is 27.3 Å². The molecule has 0 spiro atoms. The van der Waals surface area contributed by atoms with Gasteiger partial charge < -0.3 is 9.64 Å². The summed E-state index contributed by atoms with van der Waals surface area (Å²) in [6, 6.07) is 0. The second-order valence-electron chi connectivity index (χ2n) is 4.81. The van der Waals surface area contributed by atoms with Gasteiger partial charge in [0.25, 0.3) is 0 Å². The lowest BCUT2D eigenvalue weighted by molar-refractivity contribution is -0.144. The highest BCUT2D eigenvalue weighted by Gasteiger charge is 2.14. The lowest BCUT2D eigenvalue weighted by Crippen LogP contribution is -2.30. The molecule has 1 aromatic heterocycles. The van der Waals surface area contributed by atoms with Crippen LogP contribution < -0.4 is 0 Å². The van der Waals surface area contributed by atoms with E-state index in [4.69, 9.17) is 4.74 Å². The molecule has 0 atom stereocenters. The lowest BCUT2D eigenvalue weighted by Gasteiger charge is -2.17. The minimum Gasteiger partial charge on any atom is -0.465 e. The average molecular weight is 313 g/mol. The van der Waals surface area contributed by atoms with Crippen LogP contribution in [0, 0.1) is 0 Å². The standard InChI is InChI=1S/C14H23N3O3S/c1-5-17(9-14(19)20-6-2)8-11-10-21-12(15-11)7-13(18)16(3)4/h10H,5-9H2,1-4H3. The molecule has 0 saturated carbocycles. The van der Waals surface area contributed by atoms with Gasteiger partial charge in [-0.25, -0.2) is 4.98 Å². The highest BCUT2D eigenvalue weighted by Crippen LogP contribution is 2.13. The molecule has 21 heavy (non-hydrogen) atoms. The molecule has 0 aliphatic carbocycles. The Morgan fingerprint density at radius 1 is 1.33 bits per heavy atom. The van der Waals surface area contributed by atoms with E-state index in [0.717, 1.165) is 17.2 Å². The Kier molecular flexibility index (Phi) is 7.31. The van der Waals surface area contributed by atoms with E-state index in [9.17, 15) is 9.59 Å². The van der Waals surface area contributed by atoms with Crippen molar-refractivity contribution in [3.63, 3.8) is 0 Å². The number of esters is 1. The zero-order valence-electron chi connectivity index (χ0n) is 13.1. The number of hydrogen-bond donors (Lipinski definition) is 0. The van der Waals surface area contributed by atoms with E-state index in [2.05, 4.69) is 4.98 Å². The summed E-state index contributed by atoms with van der Waals surface area (Å²) in [6.45, 7) is 5.76. The molecule has 0 aliphatic heterocycles. The van der Waals surface area contributed by atoms with Gasteiger partial charge in [-0.1, -0.05) is 6.92 Å². The molecule has 1 heterocycles. The molecule has 0 aromatic carbocycles. The molecule has 0 radical (unpaired) electrons. The second-order valence-corrected chi connectivity index (χ2v) is 5.75. The van der Waals surface area contributed by atoms with Crippen molar-refractivity contribution in [1.29, 1.82) is 0 Å². The Hall–Kier alpha value is -1.47. The number of carbonyl (C=O) groups excluding carboxylic acids is 2. The fourth-order valence-electron chi connectivity index (χ4n) is 1.69. The van der Waals surface area contributed by atoms with E-state index in [-0.39, 0.29) is 18.4 Å². The lowest BCUT2D eigenvalue weighted by atomic mass is 10.3. The smallest absolute Gasteiger partial charge is 0.320 e. The van der Waals surface area contributed by atoms with E-state index in [1.165, 1.54) is 11.3 Å². The summed E-state index contributed by atoms with van der Waals surface area (Å²) in [5.41, 5.74) is 0.882. The first-order valence-electron chi connectivity index (χ1n) is 6.97. The van der Waals surface area contributed by atoms with Crippen LogP contribution in [0.2, 0.25) is 0 Å². The van der Waals surface area contributed by atoms with Crippen molar-refractivity contribution in [3.05, 3.63) is 16.1 Å². The van der Waals surface area contributed by atoms with Gasteiger partial charge in [-0.3, -0.25) is 14.5 Å². The van der Waals surface area contributed by atoms with E-state index in [1.807, 2.05) is 17.2 Å². The number of rotatable bonds is 8. The number of hydrogen-bond acceptors (Lipinski definition) is 6. The number of ether oxygens (including phenoxy) is 1. The minimum absolute atomic E-state index is 0.0368. The number of carbonyl (C=O) groups is 2. The molecule has 0 saturated heterocycles. The fourth-order valence-corrected chi connectivity index (χ4v) is 2.46. The zero-order chi connectivity index (χ0) is 15.8. The summed E-state index contributed by atoms with van der Waals surface area (Å²) in [4.78, 5) is 31.1. The fraction of sp³-hybridized carbons (Fsp3) is 0.643. The van der Waals surface area contributed by atoms with Crippen LogP contribution in [0.4, 0.5) is 0 Å². The Balaban J connectivity index is 2.55. The van der Waals surface area contributed by atoms with Crippen LogP contribution in [0.5, 0.6) is 0 Å². The zero-order valence-corrected chi connectivity index (χ0v) is 13.9. The SMILES string of the molecule is CCOC(=O)CN(CC)Cc1csc(CC(=O)N(C)C)n1. The van der Waals surface area contributed by atoms with Crippen molar-refractivity contribution in [1.82, 2.24) is 14.8 Å². The predicted octanol–water partition coefficient (Wildman–Crippen LogP) is 1.16. The Bertz CT molecular complexity index is 474. The van der Waals surface area contributed by atoms with Gasteiger partial charge >= 0.3 is 5.97 Å². The molecule has 6 nitrogen and oxygen atoms in total. The molecule has 0 aliphatic rings. The first-order chi connectivity index (χ1) is 9.96. The molecule has 1 aromatic rings. The highest BCUT2D eigenvalue weighted by molar-refractivity contribution is 7.09. The first kappa shape index (κ1) is 17.6. The van der Waals surface area contributed by atoms with Crippen molar-refractivity contribution >= 4 is 23.2 Å². The summed E-state index contributed by atoms with van der Waals surface area (Å²) in [7, 11) is 3.46. The van der Waals surface area contributed by atoms with Crippen LogP contribution >= 0.6 is 11.3 Å². The third-order valence-corrected chi connectivity index (χ3v) is 3.79. The third kappa shape index (κ3) is 6.22. The van der Waals surface area contributed by atoms with Gasteiger partial charge in [0.05, 0.1) is 25.3 Å². The Labute approximate surface area is 129 Å². The van der Waals surface area contributed by atoms with Gasteiger partial charge in [0.2, 0.25) is 5.91 Å². The minimum atomic E-state index is -0.224. The van der Waals surface area contributed by atoms with Crippen molar-refractivity contribution in [2.24, 2.45) is 0 Å². The van der Waals surface area contributed by atoms with Crippen molar-refractivity contribution in [3.8, 4) is 0 Å². The Morgan fingerprint density at radius 3 is 2.62 bits per heavy atom. The van der Waals surface area contributed by atoms with Gasteiger partial charge in [-0.2, -0.15) is 0 Å². The molecule has 0 N–H and O–H groups in total. The summed E-state index contributed by atoms with van der Waals surface area (Å²) < 4.78 is 4.95. The maximum absolute atomic E-state index is 11.6. The summed E-state index contributed by atoms with van der Waals surface area (Å²) >= 11 is 1.48. The summed E-state index contributed by atoms with van der Waals surface area (Å²) in [5.74, 6) is -0.188. The predicted molar refractivity (Wildman–Crippen MR) is 82.1 cm³/mol. The van der Waals surface area contributed by atoms with Gasteiger partial charge in [0.15, 0.2) is 0 Å². The molecule has 1 rings (SSSR count). The average Bonchev–Trinajstić information content (AvgIpc) is 2.85. The number of thiazole rings is 1. The van der Waals surface area contributed by atoms with Gasteiger partial charge in [0, 0.05) is 26.0 Å². The molecule has 0 fully saturated rings. The molecule has 0 bridgehead atoms. The number of nitrogens with zero attached hydrogens (tertiary/aromatic N) is 3. The number of likely N-dealkylation sites (N-methyl/N-ethyl adjacent to an activating group) is 2.